The van der Waals surface area contributed by atoms with E-state index in [0.717, 1.165) is 0 Å². The van der Waals surface area contributed by atoms with Crippen molar-refractivity contribution in [1.82, 2.24) is 0 Å². The zero-order valence-electron chi connectivity index (χ0n) is 5.90. The van der Waals surface area contributed by atoms with Gasteiger partial charge in [-0.1, -0.05) is 12.2 Å². The van der Waals surface area contributed by atoms with Crippen molar-refractivity contribution in [3.8, 4) is 0 Å². The van der Waals surface area contributed by atoms with Gasteiger partial charge in [0.15, 0.2) is 0 Å². The number of carbonyl (C=O) groups is 1. The van der Waals surface area contributed by atoms with Crippen LogP contribution in [0.25, 0.3) is 0 Å². The van der Waals surface area contributed by atoms with Crippen molar-refractivity contribution in [1.29, 1.82) is 0 Å². The van der Waals surface area contributed by atoms with E-state index < -0.39 is 0 Å². The van der Waals surface area contributed by atoms with Gasteiger partial charge in [-0.05, 0) is 0 Å². The van der Waals surface area contributed by atoms with Crippen LogP contribution in [0.3, 0.4) is 0 Å². The van der Waals surface area contributed by atoms with Crippen LogP contribution in [0.15, 0.2) is 12.2 Å². The van der Waals surface area contributed by atoms with Gasteiger partial charge in [-0.25, -0.2) is 0 Å². The number of fused-ring (bicyclic) bond motifs is 5. The molecule has 3 heteroatoms. The zero-order chi connectivity index (χ0) is 7.42. The molecule has 2 saturated heterocycles. The molecule has 0 saturated carbocycles. The van der Waals surface area contributed by atoms with Crippen molar-refractivity contribution >= 4 is 5.97 Å². The quantitative estimate of drug-likeness (QED) is 0.365. The van der Waals surface area contributed by atoms with Crippen molar-refractivity contribution in [2.45, 2.75) is 12.2 Å². The van der Waals surface area contributed by atoms with Gasteiger partial charge in [0.05, 0.1) is 24.7 Å². The number of cyclic esters (lactones) is 1. The predicted molar refractivity (Wildman–Crippen MR) is 35.7 cm³/mol. The van der Waals surface area contributed by atoms with Crippen LogP contribution < -0.4 is 0 Å². The first kappa shape index (κ1) is 5.77. The molecule has 3 nitrogen and oxygen atoms in total. The Kier molecular flexibility index (Phi) is 0.874. The molecular formula is C8H8O3. The molecule has 3 aliphatic heterocycles. The summed E-state index contributed by atoms with van der Waals surface area (Å²) in [5.41, 5.74) is 0. The van der Waals surface area contributed by atoms with E-state index in [4.69, 9.17) is 9.47 Å². The summed E-state index contributed by atoms with van der Waals surface area (Å²) in [6, 6.07) is 0. The van der Waals surface area contributed by atoms with E-state index in [9.17, 15) is 4.79 Å². The molecule has 0 spiro atoms. The molecular weight excluding hydrogens is 144 g/mol. The van der Waals surface area contributed by atoms with Crippen LogP contribution in [0.5, 0.6) is 0 Å². The summed E-state index contributed by atoms with van der Waals surface area (Å²) in [4.78, 5) is 11.1. The smallest absolute Gasteiger partial charge is 0.312 e. The maximum atomic E-state index is 11.1. The van der Waals surface area contributed by atoms with Crippen LogP contribution in [0.1, 0.15) is 0 Å². The number of esters is 1. The molecule has 4 atom stereocenters. The van der Waals surface area contributed by atoms with Gasteiger partial charge in [-0.3, -0.25) is 4.79 Å². The SMILES string of the molecule is O=C1OC[C@H]2[C@H]1[C@@H]1C=C[C@@H]2O1. The fraction of sp³-hybridized carbons (Fsp3) is 0.625. The zero-order valence-corrected chi connectivity index (χ0v) is 5.90. The molecule has 0 N–H and O–H groups in total. The summed E-state index contributed by atoms with van der Waals surface area (Å²) in [5, 5.41) is 0. The second-order valence-corrected chi connectivity index (χ2v) is 3.27. The van der Waals surface area contributed by atoms with E-state index >= 15 is 0 Å². The Labute approximate surface area is 64.0 Å². The topological polar surface area (TPSA) is 35.5 Å². The van der Waals surface area contributed by atoms with E-state index in [1.807, 2.05) is 12.2 Å². The Balaban J connectivity index is 2.03. The fourth-order valence-electron chi connectivity index (χ4n) is 2.17. The average Bonchev–Trinajstić information content (AvgIpc) is 2.60. The first-order chi connectivity index (χ1) is 5.36. The number of ether oxygens (including phenoxy) is 2. The van der Waals surface area contributed by atoms with E-state index in [0.29, 0.717) is 12.5 Å². The molecule has 0 aromatic rings. The minimum Gasteiger partial charge on any atom is -0.465 e. The van der Waals surface area contributed by atoms with E-state index in [1.54, 1.807) is 0 Å². The number of rotatable bonds is 0. The van der Waals surface area contributed by atoms with Crippen molar-refractivity contribution in [3.63, 3.8) is 0 Å². The Morgan fingerprint density at radius 3 is 3.00 bits per heavy atom. The first-order valence-corrected chi connectivity index (χ1v) is 3.87. The third-order valence-corrected chi connectivity index (χ3v) is 2.73. The maximum Gasteiger partial charge on any atom is 0.312 e. The lowest BCUT2D eigenvalue weighted by Gasteiger charge is -2.09. The molecule has 58 valence electrons. The number of carbonyl (C=O) groups excluding carboxylic acids is 1. The second-order valence-electron chi connectivity index (χ2n) is 3.27. The summed E-state index contributed by atoms with van der Waals surface area (Å²) in [6.07, 6.45) is 4.17. The van der Waals surface area contributed by atoms with Gasteiger partial charge in [0, 0.05) is 5.92 Å². The van der Waals surface area contributed by atoms with Crippen molar-refractivity contribution < 1.29 is 14.3 Å². The molecule has 11 heavy (non-hydrogen) atoms. The van der Waals surface area contributed by atoms with Crippen LogP contribution in [0, 0.1) is 11.8 Å². The minimum absolute atomic E-state index is 0.00463. The van der Waals surface area contributed by atoms with Gasteiger partial charge in [0.1, 0.15) is 0 Å². The second kappa shape index (κ2) is 1.67. The Hall–Kier alpha value is -0.830. The molecule has 0 aromatic carbocycles. The Bertz CT molecular complexity index is 246. The predicted octanol–water partition coefficient (Wildman–Crippen LogP) is 0.113. The van der Waals surface area contributed by atoms with Crippen LogP contribution in [-0.2, 0) is 14.3 Å². The summed E-state index contributed by atoms with van der Waals surface area (Å²) >= 11 is 0. The minimum atomic E-state index is -0.0770. The highest BCUT2D eigenvalue weighted by atomic mass is 16.6. The van der Waals surface area contributed by atoms with Gasteiger partial charge < -0.3 is 9.47 Å². The highest BCUT2D eigenvalue weighted by Gasteiger charge is 2.54. The summed E-state index contributed by atoms with van der Waals surface area (Å²) in [6.45, 7) is 0.551. The maximum absolute atomic E-state index is 11.1. The molecule has 0 aliphatic carbocycles. The lowest BCUT2D eigenvalue weighted by Crippen LogP contribution is -2.24. The molecule has 0 radical (unpaired) electrons. The highest BCUT2D eigenvalue weighted by Crippen LogP contribution is 2.42. The lowest BCUT2D eigenvalue weighted by molar-refractivity contribution is -0.143. The molecule has 0 aromatic heterocycles. The summed E-state index contributed by atoms with van der Waals surface area (Å²) < 4.78 is 10.4. The largest absolute Gasteiger partial charge is 0.465 e. The van der Waals surface area contributed by atoms with E-state index in [-0.39, 0.29) is 24.1 Å². The Morgan fingerprint density at radius 2 is 2.18 bits per heavy atom. The molecule has 3 rings (SSSR count). The Morgan fingerprint density at radius 1 is 1.36 bits per heavy atom. The fourth-order valence-corrected chi connectivity index (χ4v) is 2.17. The summed E-state index contributed by atoms with van der Waals surface area (Å²) in [5.74, 6) is 0.231. The molecule has 2 bridgehead atoms. The van der Waals surface area contributed by atoms with Crippen molar-refractivity contribution in [2.75, 3.05) is 6.61 Å². The average molecular weight is 152 g/mol. The van der Waals surface area contributed by atoms with Crippen LogP contribution in [-0.4, -0.2) is 24.8 Å². The summed E-state index contributed by atoms with van der Waals surface area (Å²) in [7, 11) is 0. The third-order valence-electron chi connectivity index (χ3n) is 2.73. The van der Waals surface area contributed by atoms with Crippen LogP contribution in [0.4, 0.5) is 0 Å². The first-order valence-electron chi connectivity index (χ1n) is 3.87. The van der Waals surface area contributed by atoms with E-state index in [1.165, 1.54) is 0 Å². The third kappa shape index (κ3) is 0.554. The lowest BCUT2D eigenvalue weighted by atomic mass is 9.86. The molecule has 0 amide bonds. The monoisotopic (exact) mass is 152 g/mol. The van der Waals surface area contributed by atoms with Crippen LogP contribution >= 0.6 is 0 Å². The van der Waals surface area contributed by atoms with Gasteiger partial charge in [0.2, 0.25) is 0 Å². The van der Waals surface area contributed by atoms with Gasteiger partial charge in [-0.2, -0.15) is 0 Å². The standard InChI is InChI=1S/C8H8O3/c9-8-7-4(3-10-8)5-1-2-6(7)11-5/h1-2,4-7H,3H2/t4-,5+,6+,7+/m1/s1. The number of hydrogen-bond acceptors (Lipinski definition) is 3. The molecule has 0 unspecified atom stereocenters. The number of hydrogen-bond donors (Lipinski definition) is 0. The van der Waals surface area contributed by atoms with Gasteiger partial charge >= 0.3 is 5.97 Å². The van der Waals surface area contributed by atoms with Crippen molar-refractivity contribution in [3.05, 3.63) is 12.2 Å². The molecule has 2 fully saturated rings. The van der Waals surface area contributed by atoms with Crippen LogP contribution in [0.2, 0.25) is 0 Å². The van der Waals surface area contributed by atoms with Crippen molar-refractivity contribution in [2.24, 2.45) is 11.8 Å². The normalized spacial score (nSPS) is 51.5. The van der Waals surface area contributed by atoms with E-state index in [2.05, 4.69) is 0 Å². The molecule has 3 aliphatic rings. The highest BCUT2D eigenvalue weighted by molar-refractivity contribution is 5.77. The van der Waals surface area contributed by atoms with Gasteiger partial charge in [-0.15, -0.1) is 0 Å². The molecule has 3 heterocycles. The van der Waals surface area contributed by atoms with Gasteiger partial charge in [0.25, 0.3) is 0 Å².